The zero-order chi connectivity index (χ0) is 10.0. The predicted molar refractivity (Wildman–Crippen MR) is 56.9 cm³/mol. The highest BCUT2D eigenvalue weighted by Crippen LogP contribution is 2.48. The highest BCUT2D eigenvalue weighted by atomic mass is 15.0. The summed E-state index contributed by atoms with van der Waals surface area (Å²) in [6.07, 6.45) is 7.01. The van der Waals surface area contributed by atoms with Crippen LogP contribution in [0.1, 0.15) is 26.2 Å². The first-order valence-corrected chi connectivity index (χ1v) is 5.05. The minimum Gasteiger partial charge on any atom is -0.394 e. The van der Waals surface area contributed by atoms with Crippen molar-refractivity contribution in [3.05, 3.63) is 12.5 Å². The average molecular weight is 192 g/mol. The molecule has 0 saturated heterocycles. The van der Waals surface area contributed by atoms with Crippen LogP contribution in [0.5, 0.6) is 0 Å². The Kier molecular flexibility index (Phi) is 2.27. The number of anilines is 2. The summed E-state index contributed by atoms with van der Waals surface area (Å²) in [5.74, 6) is 0.764. The molecule has 0 amide bonds. The lowest BCUT2D eigenvalue weighted by atomic mass is 10.0. The number of nitrogens with one attached hydrogen (secondary N) is 1. The van der Waals surface area contributed by atoms with E-state index in [1.54, 1.807) is 6.20 Å². The molecule has 4 heteroatoms. The van der Waals surface area contributed by atoms with E-state index in [0.29, 0.717) is 11.1 Å². The topological polar surface area (TPSA) is 63.8 Å². The van der Waals surface area contributed by atoms with Crippen LogP contribution in [0.4, 0.5) is 11.5 Å². The molecule has 0 bridgehead atoms. The smallest absolute Gasteiger partial charge is 0.152 e. The standard InChI is InChI=1S/C10H16N4/c1-2-10(3-4-10)6-13-9-8(11)5-12-7-14-9/h5,7H,2-4,6,11H2,1H3,(H,12,13,14). The molecule has 1 heterocycles. The molecule has 1 aliphatic rings. The molecule has 1 fully saturated rings. The first-order valence-electron chi connectivity index (χ1n) is 5.05. The molecule has 0 atom stereocenters. The maximum Gasteiger partial charge on any atom is 0.152 e. The molecule has 1 saturated carbocycles. The van der Waals surface area contributed by atoms with Crippen molar-refractivity contribution in [1.29, 1.82) is 0 Å². The molecule has 0 radical (unpaired) electrons. The Morgan fingerprint density at radius 2 is 2.36 bits per heavy atom. The maximum absolute atomic E-state index is 5.72. The Balaban J connectivity index is 1.95. The largest absolute Gasteiger partial charge is 0.394 e. The number of nitrogen functional groups attached to an aromatic ring is 1. The highest BCUT2D eigenvalue weighted by molar-refractivity contribution is 5.59. The normalized spacial score (nSPS) is 17.8. The van der Waals surface area contributed by atoms with Gasteiger partial charge in [-0.2, -0.15) is 0 Å². The third-order valence-electron chi connectivity index (χ3n) is 3.08. The number of hydrogen-bond acceptors (Lipinski definition) is 4. The van der Waals surface area contributed by atoms with E-state index in [2.05, 4.69) is 22.2 Å². The Morgan fingerprint density at radius 1 is 1.57 bits per heavy atom. The molecule has 76 valence electrons. The molecule has 0 spiro atoms. The van der Waals surface area contributed by atoms with E-state index < -0.39 is 0 Å². The van der Waals surface area contributed by atoms with Crippen molar-refractivity contribution in [2.24, 2.45) is 5.41 Å². The van der Waals surface area contributed by atoms with Crippen LogP contribution in [0.25, 0.3) is 0 Å². The Morgan fingerprint density at radius 3 is 2.93 bits per heavy atom. The summed E-state index contributed by atoms with van der Waals surface area (Å²) in [5, 5.41) is 3.29. The van der Waals surface area contributed by atoms with Gasteiger partial charge in [0.15, 0.2) is 5.82 Å². The second kappa shape index (κ2) is 3.44. The van der Waals surface area contributed by atoms with Gasteiger partial charge in [0.1, 0.15) is 6.33 Å². The van der Waals surface area contributed by atoms with Gasteiger partial charge in [0.2, 0.25) is 0 Å². The molecule has 14 heavy (non-hydrogen) atoms. The lowest BCUT2D eigenvalue weighted by Gasteiger charge is -2.14. The number of hydrogen-bond donors (Lipinski definition) is 2. The van der Waals surface area contributed by atoms with Crippen LogP contribution in [0.15, 0.2) is 12.5 Å². The van der Waals surface area contributed by atoms with Crippen molar-refractivity contribution in [2.75, 3.05) is 17.6 Å². The lowest BCUT2D eigenvalue weighted by Crippen LogP contribution is -2.16. The van der Waals surface area contributed by atoms with Crippen LogP contribution in [0, 0.1) is 5.41 Å². The zero-order valence-electron chi connectivity index (χ0n) is 8.45. The van der Waals surface area contributed by atoms with Crippen LogP contribution in [-0.2, 0) is 0 Å². The van der Waals surface area contributed by atoms with Crippen LogP contribution < -0.4 is 11.1 Å². The first-order chi connectivity index (χ1) is 6.76. The summed E-state index contributed by atoms with van der Waals surface area (Å²) in [7, 11) is 0. The third-order valence-corrected chi connectivity index (χ3v) is 3.08. The van der Waals surface area contributed by atoms with Crippen molar-refractivity contribution >= 4 is 11.5 Å². The van der Waals surface area contributed by atoms with Crippen LogP contribution in [0.2, 0.25) is 0 Å². The minimum atomic E-state index is 0.511. The van der Waals surface area contributed by atoms with E-state index in [0.717, 1.165) is 12.4 Å². The van der Waals surface area contributed by atoms with Crippen LogP contribution >= 0.6 is 0 Å². The first kappa shape index (κ1) is 9.24. The van der Waals surface area contributed by atoms with Gasteiger partial charge >= 0.3 is 0 Å². The Hall–Kier alpha value is -1.32. The molecule has 0 aromatic carbocycles. The fraction of sp³-hybridized carbons (Fsp3) is 0.600. The molecule has 0 aliphatic heterocycles. The minimum absolute atomic E-state index is 0.511. The maximum atomic E-state index is 5.72. The SMILES string of the molecule is CCC1(CNc2ncncc2N)CC1. The summed E-state index contributed by atoms with van der Waals surface area (Å²) >= 11 is 0. The zero-order valence-corrected chi connectivity index (χ0v) is 8.45. The lowest BCUT2D eigenvalue weighted by molar-refractivity contribution is 0.521. The highest BCUT2D eigenvalue weighted by Gasteiger charge is 2.40. The number of rotatable bonds is 4. The summed E-state index contributed by atoms with van der Waals surface area (Å²) in [6, 6.07) is 0. The molecule has 0 unspecified atom stereocenters. The molecule has 1 aromatic heterocycles. The van der Waals surface area contributed by atoms with Gasteiger partial charge in [0.25, 0.3) is 0 Å². The van der Waals surface area contributed by atoms with Gasteiger partial charge in [-0.25, -0.2) is 9.97 Å². The Bertz CT molecular complexity index is 320. The van der Waals surface area contributed by atoms with E-state index in [-0.39, 0.29) is 0 Å². The molecule has 4 nitrogen and oxygen atoms in total. The van der Waals surface area contributed by atoms with E-state index in [1.807, 2.05) is 0 Å². The van der Waals surface area contributed by atoms with Crippen LogP contribution in [0.3, 0.4) is 0 Å². The van der Waals surface area contributed by atoms with E-state index in [1.165, 1.54) is 25.6 Å². The fourth-order valence-electron chi connectivity index (χ4n) is 1.59. The van der Waals surface area contributed by atoms with E-state index in [4.69, 9.17) is 5.73 Å². The second-order valence-corrected chi connectivity index (χ2v) is 4.03. The van der Waals surface area contributed by atoms with Crippen molar-refractivity contribution in [1.82, 2.24) is 9.97 Å². The van der Waals surface area contributed by atoms with Gasteiger partial charge in [-0.3, -0.25) is 0 Å². The van der Waals surface area contributed by atoms with Gasteiger partial charge < -0.3 is 11.1 Å². The number of aromatic nitrogens is 2. The molecule has 2 rings (SSSR count). The van der Waals surface area contributed by atoms with Gasteiger partial charge in [0.05, 0.1) is 11.9 Å². The van der Waals surface area contributed by atoms with Gasteiger partial charge in [-0.1, -0.05) is 6.92 Å². The quantitative estimate of drug-likeness (QED) is 0.761. The molecular formula is C10H16N4. The molecular weight excluding hydrogens is 176 g/mol. The van der Waals surface area contributed by atoms with Gasteiger partial charge in [0, 0.05) is 6.54 Å². The molecule has 1 aromatic rings. The molecule has 3 N–H and O–H groups in total. The van der Waals surface area contributed by atoms with Gasteiger partial charge in [-0.05, 0) is 24.7 Å². The summed E-state index contributed by atoms with van der Waals surface area (Å²) in [6.45, 7) is 3.21. The monoisotopic (exact) mass is 192 g/mol. The second-order valence-electron chi connectivity index (χ2n) is 4.03. The number of nitrogens with zero attached hydrogens (tertiary/aromatic N) is 2. The number of nitrogens with two attached hydrogens (primary N) is 1. The summed E-state index contributed by atoms with van der Waals surface area (Å²) < 4.78 is 0. The summed E-state index contributed by atoms with van der Waals surface area (Å²) in [4.78, 5) is 7.95. The molecule has 1 aliphatic carbocycles. The van der Waals surface area contributed by atoms with Gasteiger partial charge in [-0.15, -0.1) is 0 Å². The van der Waals surface area contributed by atoms with Crippen molar-refractivity contribution in [3.8, 4) is 0 Å². The van der Waals surface area contributed by atoms with Crippen molar-refractivity contribution in [3.63, 3.8) is 0 Å². The fourth-order valence-corrected chi connectivity index (χ4v) is 1.59. The van der Waals surface area contributed by atoms with Crippen LogP contribution in [-0.4, -0.2) is 16.5 Å². The van der Waals surface area contributed by atoms with Crippen molar-refractivity contribution < 1.29 is 0 Å². The van der Waals surface area contributed by atoms with E-state index >= 15 is 0 Å². The predicted octanol–water partition coefficient (Wildman–Crippen LogP) is 1.66. The average Bonchev–Trinajstić information content (AvgIpc) is 2.98. The van der Waals surface area contributed by atoms with E-state index in [9.17, 15) is 0 Å². The Labute approximate surface area is 83.9 Å². The summed E-state index contributed by atoms with van der Waals surface area (Å²) in [5.41, 5.74) is 6.86. The van der Waals surface area contributed by atoms with Crippen molar-refractivity contribution in [2.45, 2.75) is 26.2 Å². The third kappa shape index (κ3) is 1.78.